The lowest BCUT2D eigenvalue weighted by molar-refractivity contribution is -0.103. The number of hydrogen-bond donors (Lipinski definition) is 0. The van der Waals surface area contributed by atoms with E-state index >= 15 is 0 Å². The van der Waals surface area contributed by atoms with Crippen LogP contribution < -0.4 is 4.74 Å². The predicted molar refractivity (Wildman–Crippen MR) is 73.5 cm³/mol. The van der Waals surface area contributed by atoms with Gasteiger partial charge in [0.25, 0.3) is 0 Å². The van der Waals surface area contributed by atoms with E-state index in [0.717, 1.165) is 25.7 Å². The molecule has 3 nitrogen and oxygen atoms in total. The Morgan fingerprint density at radius 3 is 2.48 bits per heavy atom. The Morgan fingerprint density at radius 1 is 1.14 bits per heavy atom. The third-order valence-corrected chi connectivity index (χ3v) is 4.22. The van der Waals surface area contributed by atoms with E-state index in [1.165, 1.54) is 0 Å². The lowest BCUT2D eigenvalue weighted by atomic mass is 10.0. The van der Waals surface area contributed by atoms with Gasteiger partial charge in [-0.3, -0.25) is 0 Å². The molecule has 1 aromatic rings. The van der Waals surface area contributed by atoms with E-state index in [1.807, 2.05) is 6.92 Å². The predicted octanol–water partition coefficient (Wildman–Crippen LogP) is 4.08. The molecule has 0 aliphatic carbocycles. The first-order valence-electron chi connectivity index (χ1n) is 7.46. The maximum Gasteiger partial charge on any atom is 0.387 e. The number of benzene rings is 1. The van der Waals surface area contributed by atoms with Crippen molar-refractivity contribution >= 4 is 0 Å². The smallest absolute Gasteiger partial charge is 0.387 e. The molecule has 2 heterocycles. The standard InChI is InChI=1S/C16H20F2O3/c1-10(14-4-2-3-5-15(14)21-16(17)18)19-13-8-11-6-7-12(9-13)20-11/h2-5,10-13,16H,6-9H2,1H3/t10-,11-,12+,13?/m0/s1. The number of para-hydroxylation sites is 1. The van der Waals surface area contributed by atoms with Crippen molar-refractivity contribution in [1.82, 2.24) is 0 Å². The van der Waals surface area contributed by atoms with Crippen LogP contribution in [0, 0.1) is 0 Å². The highest BCUT2D eigenvalue weighted by Gasteiger charge is 2.36. The van der Waals surface area contributed by atoms with E-state index in [4.69, 9.17) is 9.47 Å². The summed E-state index contributed by atoms with van der Waals surface area (Å²) in [6, 6.07) is 6.81. The Balaban J connectivity index is 1.66. The van der Waals surface area contributed by atoms with Crippen LogP contribution in [0.5, 0.6) is 5.75 Å². The van der Waals surface area contributed by atoms with Gasteiger partial charge in [0.15, 0.2) is 0 Å². The van der Waals surface area contributed by atoms with Crippen molar-refractivity contribution in [2.75, 3.05) is 0 Å². The number of halogens is 2. The number of alkyl halides is 2. The first kappa shape index (κ1) is 14.7. The molecule has 2 bridgehead atoms. The molecule has 21 heavy (non-hydrogen) atoms. The second kappa shape index (κ2) is 6.28. The molecule has 2 aliphatic rings. The molecular weight excluding hydrogens is 278 g/mol. The summed E-state index contributed by atoms with van der Waals surface area (Å²) in [4.78, 5) is 0. The second-order valence-electron chi connectivity index (χ2n) is 5.75. The van der Waals surface area contributed by atoms with Gasteiger partial charge in [0, 0.05) is 5.56 Å². The van der Waals surface area contributed by atoms with Gasteiger partial charge in [0.2, 0.25) is 0 Å². The Kier molecular flexibility index (Phi) is 4.40. The fourth-order valence-corrected chi connectivity index (χ4v) is 3.30. The summed E-state index contributed by atoms with van der Waals surface area (Å²) >= 11 is 0. The minimum atomic E-state index is -2.82. The Bertz CT molecular complexity index is 468. The third kappa shape index (κ3) is 3.52. The number of rotatable bonds is 5. The normalized spacial score (nSPS) is 29.6. The largest absolute Gasteiger partial charge is 0.434 e. The van der Waals surface area contributed by atoms with Crippen molar-refractivity contribution in [3.63, 3.8) is 0 Å². The van der Waals surface area contributed by atoms with Crippen LogP contribution in [0.3, 0.4) is 0 Å². The van der Waals surface area contributed by atoms with Crippen LogP contribution in [-0.2, 0) is 9.47 Å². The third-order valence-electron chi connectivity index (χ3n) is 4.22. The van der Waals surface area contributed by atoms with Crippen LogP contribution in [0.15, 0.2) is 24.3 Å². The van der Waals surface area contributed by atoms with Gasteiger partial charge in [-0.05, 0) is 38.7 Å². The van der Waals surface area contributed by atoms with Gasteiger partial charge >= 0.3 is 6.61 Å². The summed E-state index contributed by atoms with van der Waals surface area (Å²) in [6.07, 6.45) is 4.43. The molecule has 0 spiro atoms. The molecule has 5 heteroatoms. The molecule has 0 radical (unpaired) electrons. The lowest BCUT2D eigenvalue weighted by Gasteiger charge is -2.31. The Labute approximate surface area is 123 Å². The van der Waals surface area contributed by atoms with Crippen molar-refractivity contribution in [1.29, 1.82) is 0 Å². The summed E-state index contributed by atoms with van der Waals surface area (Å²) in [5.41, 5.74) is 0.664. The Hall–Kier alpha value is -1.20. The molecule has 2 fully saturated rings. The molecule has 0 saturated carbocycles. The molecule has 0 amide bonds. The van der Waals surface area contributed by atoms with Crippen molar-refractivity contribution in [3.05, 3.63) is 29.8 Å². The molecule has 2 aliphatic heterocycles. The van der Waals surface area contributed by atoms with Crippen LogP contribution in [0.1, 0.15) is 44.3 Å². The molecular formula is C16H20F2O3. The average molecular weight is 298 g/mol. The van der Waals surface area contributed by atoms with Gasteiger partial charge in [-0.15, -0.1) is 0 Å². The van der Waals surface area contributed by atoms with E-state index in [1.54, 1.807) is 24.3 Å². The van der Waals surface area contributed by atoms with Crippen LogP contribution in [-0.4, -0.2) is 24.9 Å². The van der Waals surface area contributed by atoms with Crippen LogP contribution in [0.25, 0.3) is 0 Å². The Morgan fingerprint density at radius 2 is 1.81 bits per heavy atom. The SMILES string of the molecule is C[C@H](OC1C[C@H]2CC[C@@H](C1)O2)c1ccccc1OC(F)F. The molecule has 0 N–H and O–H groups in total. The fourth-order valence-electron chi connectivity index (χ4n) is 3.30. The zero-order valence-electron chi connectivity index (χ0n) is 12.0. The lowest BCUT2D eigenvalue weighted by Crippen LogP contribution is -2.31. The average Bonchev–Trinajstić information content (AvgIpc) is 2.78. The van der Waals surface area contributed by atoms with Crippen molar-refractivity contribution < 1.29 is 23.0 Å². The van der Waals surface area contributed by atoms with Gasteiger partial charge in [-0.1, -0.05) is 18.2 Å². The monoisotopic (exact) mass is 298 g/mol. The van der Waals surface area contributed by atoms with Crippen LogP contribution in [0.2, 0.25) is 0 Å². The summed E-state index contributed by atoms with van der Waals surface area (Å²) in [7, 11) is 0. The van der Waals surface area contributed by atoms with Gasteiger partial charge in [0.1, 0.15) is 5.75 Å². The highest BCUT2D eigenvalue weighted by molar-refractivity contribution is 5.35. The van der Waals surface area contributed by atoms with Gasteiger partial charge < -0.3 is 14.2 Å². The zero-order valence-corrected chi connectivity index (χ0v) is 12.0. The zero-order chi connectivity index (χ0) is 14.8. The number of fused-ring (bicyclic) bond motifs is 2. The maximum atomic E-state index is 12.5. The van der Waals surface area contributed by atoms with Crippen LogP contribution >= 0.6 is 0 Å². The summed E-state index contributed by atoms with van der Waals surface area (Å²) in [6.45, 7) is -0.942. The van der Waals surface area contributed by atoms with Gasteiger partial charge in [-0.2, -0.15) is 8.78 Å². The number of ether oxygens (including phenoxy) is 3. The molecule has 3 rings (SSSR count). The van der Waals surface area contributed by atoms with E-state index in [2.05, 4.69) is 4.74 Å². The minimum absolute atomic E-state index is 0.130. The highest BCUT2D eigenvalue weighted by Crippen LogP contribution is 2.37. The molecule has 2 saturated heterocycles. The highest BCUT2D eigenvalue weighted by atomic mass is 19.3. The van der Waals surface area contributed by atoms with E-state index < -0.39 is 6.61 Å². The van der Waals surface area contributed by atoms with Crippen LogP contribution in [0.4, 0.5) is 8.78 Å². The summed E-state index contributed by atoms with van der Waals surface area (Å²) in [5, 5.41) is 0. The summed E-state index contributed by atoms with van der Waals surface area (Å²) in [5.74, 6) is 0.190. The quantitative estimate of drug-likeness (QED) is 0.820. The van der Waals surface area contributed by atoms with E-state index in [9.17, 15) is 8.78 Å². The van der Waals surface area contributed by atoms with E-state index in [-0.39, 0.29) is 18.0 Å². The first-order valence-corrected chi connectivity index (χ1v) is 7.46. The first-order chi connectivity index (χ1) is 10.1. The number of hydrogen-bond acceptors (Lipinski definition) is 3. The van der Waals surface area contributed by atoms with Crippen molar-refractivity contribution in [2.24, 2.45) is 0 Å². The minimum Gasteiger partial charge on any atom is -0.434 e. The van der Waals surface area contributed by atoms with E-state index in [0.29, 0.717) is 17.8 Å². The van der Waals surface area contributed by atoms with Gasteiger partial charge in [-0.25, -0.2) is 0 Å². The topological polar surface area (TPSA) is 27.7 Å². The van der Waals surface area contributed by atoms with Crippen molar-refractivity contribution in [2.45, 2.75) is 63.6 Å². The van der Waals surface area contributed by atoms with Crippen molar-refractivity contribution in [3.8, 4) is 5.75 Å². The molecule has 0 aromatic heterocycles. The molecule has 116 valence electrons. The maximum absolute atomic E-state index is 12.5. The molecule has 1 unspecified atom stereocenters. The second-order valence-corrected chi connectivity index (χ2v) is 5.75. The summed E-state index contributed by atoms with van der Waals surface area (Å²) < 4.78 is 41.3. The molecule has 1 aromatic carbocycles. The van der Waals surface area contributed by atoms with Gasteiger partial charge in [0.05, 0.1) is 24.4 Å². The fraction of sp³-hybridized carbons (Fsp3) is 0.625. The molecule has 4 atom stereocenters.